The highest BCUT2D eigenvalue weighted by Gasteiger charge is 2.64. The monoisotopic (exact) mass is 675 g/mol. The van der Waals surface area contributed by atoms with Crippen molar-refractivity contribution in [1.82, 2.24) is 16.0 Å². The van der Waals surface area contributed by atoms with Gasteiger partial charge in [-0.05, 0) is 157 Å². The zero-order valence-corrected chi connectivity index (χ0v) is 31.9. The number of unbranched alkanes of at least 4 members (excludes halogenated alkanes) is 1. The first-order chi connectivity index (χ1) is 22.9. The SMILES string of the molecule is CC(C)C(=O)OC[C@@H](C)C1CCC2C3C(CC[C@@]21C)[C@@]1(C)CC[C@H](NCCCNCCCCNCCCN)C[C@@H]1C[C@@H]3OC(=O)C(C)C. The van der Waals surface area contributed by atoms with Crippen molar-refractivity contribution in [3.63, 3.8) is 0 Å². The lowest BCUT2D eigenvalue weighted by Crippen LogP contribution is -2.60. The topological polar surface area (TPSA) is 115 Å². The number of fused-ring (bicyclic) bond motifs is 5. The maximum atomic E-state index is 13.2. The Balaban J connectivity index is 1.33. The number of nitrogens with one attached hydrogen (secondary N) is 3. The molecule has 0 saturated heterocycles. The number of ether oxygens (including phenoxy) is 2. The van der Waals surface area contributed by atoms with E-state index in [4.69, 9.17) is 15.2 Å². The first kappa shape index (κ1) is 39.6. The Morgan fingerprint density at radius 3 is 2.04 bits per heavy atom. The van der Waals surface area contributed by atoms with Crippen LogP contribution in [-0.4, -0.2) is 70.0 Å². The minimum Gasteiger partial charge on any atom is -0.465 e. The van der Waals surface area contributed by atoms with Crippen molar-refractivity contribution in [2.24, 2.45) is 63.9 Å². The average Bonchev–Trinajstić information content (AvgIpc) is 3.41. The standard InChI is InChI=1S/C40H74N4O4/c1-27(2)37(45)47-26-29(5)32-12-13-33-36-34(15-17-40(32,33)7)39(6)16-14-31(24-30(39)25-35(36)48-38(46)28(3)4)44-23-11-22-43-20-9-8-19-42-21-10-18-41/h27-36,42-44H,8-26,41H2,1-7H3/t29-,30-,31+,32?,33?,34?,35+,36?,39+,40-/m1/s1. The number of carbonyl (C=O) groups is 2. The Bertz CT molecular complexity index is 1010. The minimum absolute atomic E-state index is 0.0132. The van der Waals surface area contributed by atoms with Gasteiger partial charge in [0, 0.05) is 12.0 Å². The molecule has 10 atom stereocenters. The van der Waals surface area contributed by atoms with Crippen LogP contribution in [0.5, 0.6) is 0 Å². The van der Waals surface area contributed by atoms with E-state index in [1.165, 1.54) is 57.8 Å². The predicted octanol–water partition coefficient (Wildman–Crippen LogP) is 6.31. The van der Waals surface area contributed by atoms with E-state index in [1.807, 2.05) is 27.7 Å². The number of rotatable bonds is 19. The van der Waals surface area contributed by atoms with Gasteiger partial charge in [-0.15, -0.1) is 0 Å². The highest BCUT2D eigenvalue weighted by Crippen LogP contribution is 2.68. The fourth-order valence-corrected chi connectivity index (χ4v) is 10.8. The summed E-state index contributed by atoms with van der Waals surface area (Å²) in [7, 11) is 0. The Labute approximate surface area is 293 Å². The van der Waals surface area contributed by atoms with Gasteiger partial charge < -0.3 is 31.2 Å². The Morgan fingerprint density at radius 1 is 0.750 bits per heavy atom. The smallest absolute Gasteiger partial charge is 0.308 e. The number of hydrogen-bond donors (Lipinski definition) is 4. The summed E-state index contributed by atoms with van der Waals surface area (Å²) in [6.45, 7) is 21.8. The molecule has 5 N–H and O–H groups in total. The average molecular weight is 675 g/mol. The zero-order chi connectivity index (χ0) is 34.9. The first-order valence-corrected chi connectivity index (χ1v) is 20.1. The van der Waals surface area contributed by atoms with Crippen LogP contribution in [0, 0.1) is 58.2 Å². The molecule has 0 amide bonds. The fraction of sp³-hybridized carbons (Fsp3) is 0.950. The summed E-state index contributed by atoms with van der Waals surface area (Å²) < 4.78 is 12.3. The third-order valence-electron chi connectivity index (χ3n) is 13.6. The fourth-order valence-electron chi connectivity index (χ4n) is 10.8. The van der Waals surface area contributed by atoms with Crippen LogP contribution in [0.15, 0.2) is 0 Å². The predicted molar refractivity (Wildman–Crippen MR) is 195 cm³/mol. The molecule has 0 aromatic rings. The molecule has 4 saturated carbocycles. The second kappa shape index (κ2) is 18.3. The van der Waals surface area contributed by atoms with Gasteiger partial charge in [-0.25, -0.2) is 0 Å². The van der Waals surface area contributed by atoms with E-state index in [2.05, 4.69) is 36.7 Å². The van der Waals surface area contributed by atoms with Crippen LogP contribution in [0.25, 0.3) is 0 Å². The van der Waals surface area contributed by atoms with E-state index in [-0.39, 0.29) is 35.3 Å². The summed E-state index contributed by atoms with van der Waals surface area (Å²) in [4.78, 5) is 25.5. The van der Waals surface area contributed by atoms with E-state index in [0.29, 0.717) is 53.6 Å². The number of nitrogens with two attached hydrogens (primary N) is 1. The molecule has 4 rings (SSSR count). The molecule has 0 spiro atoms. The van der Waals surface area contributed by atoms with Crippen molar-refractivity contribution in [1.29, 1.82) is 0 Å². The summed E-state index contributed by atoms with van der Waals surface area (Å²) in [6, 6.07) is 0.555. The number of hydrogen-bond acceptors (Lipinski definition) is 8. The number of esters is 2. The maximum absolute atomic E-state index is 13.2. The molecule has 4 aliphatic rings. The molecule has 4 fully saturated rings. The van der Waals surface area contributed by atoms with Crippen LogP contribution in [0.2, 0.25) is 0 Å². The van der Waals surface area contributed by atoms with Crippen LogP contribution >= 0.6 is 0 Å². The van der Waals surface area contributed by atoms with Crippen LogP contribution in [-0.2, 0) is 19.1 Å². The number of carbonyl (C=O) groups excluding carboxylic acids is 2. The summed E-state index contributed by atoms with van der Waals surface area (Å²) in [5, 5.41) is 11.0. The van der Waals surface area contributed by atoms with Crippen LogP contribution in [0.3, 0.4) is 0 Å². The van der Waals surface area contributed by atoms with Gasteiger partial charge in [0.25, 0.3) is 0 Å². The molecule has 0 heterocycles. The normalized spacial score (nSPS) is 35.2. The summed E-state index contributed by atoms with van der Waals surface area (Å²) in [6.07, 6.45) is 14.2. The van der Waals surface area contributed by atoms with Gasteiger partial charge in [-0.2, -0.15) is 0 Å². The molecular formula is C40H74N4O4. The molecule has 8 heteroatoms. The van der Waals surface area contributed by atoms with Crippen molar-refractivity contribution >= 4 is 11.9 Å². The lowest BCUT2D eigenvalue weighted by Gasteiger charge is -2.63. The third-order valence-corrected chi connectivity index (χ3v) is 13.6. The van der Waals surface area contributed by atoms with Gasteiger partial charge >= 0.3 is 11.9 Å². The molecule has 0 aromatic carbocycles. The molecule has 8 nitrogen and oxygen atoms in total. The Hall–Kier alpha value is -1.22. The quantitative estimate of drug-likeness (QED) is 0.0931. The largest absolute Gasteiger partial charge is 0.465 e. The van der Waals surface area contributed by atoms with Crippen LogP contribution in [0.4, 0.5) is 0 Å². The summed E-state index contributed by atoms with van der Waals surface area (Å²) >= 11 is 0. The zero-order valence-electron chi connectivity index (χ0n) is 31.9. The van der Waals surface area contributed by atoms with Crippen molar-refractivity contribution < 1.29 is 19.1 Å². The van der Waals surface area contributed by atoms with E-state index in [1.54, 1.807) is 0 Å². The van der Waals surface area contributed by atoms with Crippen molar-refractivity contribution in [3.8, 4) is 0 Å². The highest BCUT2D eigenvalue weighted by atomic mass is 16.5. The van der Waals surface area contributed by atoms with E-state index >= 15 is 0 Å². The molecule has 4 aliphatic carbocycles. The highest BCUT2D eigenvalue weighted by molar-refractivity contribution is 5.72. The molecule has 0 radical (unpaired) electrons. The third kappa shape index (κ3) is 9.55. The first-order valence-electron chi connectivity index (χ1n) is 20.1. The lowest BCUT2D eigenvalue weighted by molar-refractivity contribution is -0.194. The lowest BCUT2D eigenvalue weighted by atomic mass is 9.43. The summed E-state index contributed by atoms with van der Waals surface area (Å²) in [5.74, 6) is 2.74. The molecule has 0 aromatic heterocycles. The van der Waals surface area contributed by atoms with Gasteiger partial charge in [0.15, 0.2) is 0 Å². The molecular weight excluding hydrogens is 600 g/mol. The molecule has 4 unspecified atom stereocenters. The second-order valence-electron chi connectivity index (χ2n) is 17.5. The van der Waals surface area contributed by atoms with Crippen molar-refractivity contribution in [2.45, 2.75) is 138 Å². The molecule has 0 bridgehead atoms. The Morgan fingerprint density at radius 2 is 1.38 bits per heavy atom. The second-order valence-corrected chi connectivity index (χ2v) is 17.5. The Kier molecular flexibility index (Phi) is 15.1. The van der Waals surface area contributed by atoms with Crippen molar-refractivity contribution in [3.05, 3.63) is 0 Å². The van der Waals surface area contributed by atoms with E-state index in [0.717, 1.165) is 58.5 Å². The van der Waals surface area contributed by atoms with Gasteiger partial charge in [-0.3, -0.25) is 9.59 Å². The minimum atomic E-state index is -0.105. The van der Waals surface area contributed by atoms with Crippen molar-refractivity contribution in [2.75, 3.05) is 45.9 Å². The van der Waals surface area contributed by atoms with Gasteiger partial charge in [0.05, 0.1) is 18.4 Å². The van der Waals surface area contributed by atoms with Crippen LogP contribution < -0.4 is 21.7 Å². The molecule has 0 aliphatic heterocycles. The molecule has 278 valence electrons. The van der Waals surface area contributed by atoms with Crippen LogP contribution in [0.1, 0.15) is 126 Å². The van der Waals surface area contributed by atoms with E-state index in [9.17, 15) is 9.59 Å². The van der Waals surface area contributed by atoms with Gasteiger partial charge in [0.1, 0.15) is 6.10 Å². The molecule has 48 heavy (non-hydrogen) atoms. The maximum Gasteiger partial charge on any atom is 0.308 e. The van der Waals surface area contributed by atoms with Gasteiger partial charge in [-0.1, -0.05) is 48.5 Å². The summed E-state index contributed by atoms with van der Waals surface area (Å²) in [5.41, 5.74) is 6.06. The van der Waals surface area contributed by atoms with E-state index < -0.39 is 0 Å². The van der Waals surface area contributed by atoms with Gasteiger partial charge in [0.2, 0.25) is 0 Å².